The average molecular weight is 521 g/mol. The number of halogens is 4. The molecular formula is C20H17Cl3FN3O2S2. The number of nitrogens with one attached hydrogen (secondary N) is 1. The third-order valence-electron chi connectivity index (χ3n) is 5.08. The minimum absolute atomic E-state index is 0.144. The first-order valence-corrected chi connectivity index (χ1v) is 12.6. The number of hydrogen-bond acceptors (Lipinski definition) is 5. The molecule has 0 aliphatic carbocycles. The van der Waals surface area contributed by atoms with Crippen LogP contribution in [0.4, 0.5) is 15.2 Å². The van der Waals surface area contributed by atoms with E-state index in [1.54, 1.807) is 11.4 Å². The lowest BCUT2D eigenvalue weighted by atomic mass is 9.87. The Morgan fingerprint density at radius 1 is 1.23 bits per heavy atom. The Balaban J connectivity index is 1.66. The molecule has 0 fully saturated rings. The first-order chi connectivity index (χ1) is 14.5. The molecule has 0 saturated carbocycles. The van der Waals surface area contributed by atoms with Crippen LogP contribution in [0.15, 0.2) is 40.7 Å². The van der Waals surface area contributed by atoms with Crippen molar-refractivity contribution in [3.8, 4) is 0 Å². The van der Waals surface area contributed by atoms with Crippen LogP contribution in [0.3, 0.4) is 0 Å². The normalized spacial score (nSPS) is 15.2. The zero-order chi connectivity index (χ0) is 22.6. The van der Waals surface area contributed by atoms with Gasteiger partial charge in [-0.1, -0.05) is 48.7 Å². The summed E-state index contributed by atoms with van der Waals surface area (Å²) in [5, 5.41) is 2.87. The molecular weight excluding hydrogens is 504 g/mol. The van der Waals surface area contributed by atoms with Gasteiger partial charge in [-0.15, -0.1) is 11.3 Å². The van der Waals surface area contributed by atoms with E-state index in [1.807, 2.05) is 11.0 Å². The maximum atomic E-state index is 14.8. The van der Waals surface area contributed by atoms with E-state index in [0.717, 1.165) is 34.7 Å². The van der Waals surface area contributed by atoms with E-state index in [1.165, 1.54) is 6.20 Å². The van der Waals surface area contributed by atoms with Crippen LogP contribution in [0.5, 0.6) is 0 Å². The highest BCUT2D eigenvalue weighted by atomic mass is 35.5. The van der Waals surface area contributed by atoms with E-state index in [9.17, 15) is 12.8 Å². The molecule has 31 heavy (non-hydrogen) atoms. The van der Waals surface area contributed by atoms with Crippen molar-refractivity contribution in [1.82, 2.24) is 4.98 Å². The van der Waals surface area contributed by atoms with Crippen LogP contribution in [0.1, 0.15) is 25.0 Å². The standard InChI is InChI=1S/C20H17Cl3FN3O2S2/c1-20(2)10-27(15-4-3-12(21)18(23)17(15)20)9-11-7-14(24)16(8-13(11)22)31(28,29)26-19-25-5-6-30-19/h3-8H,9-10H2,1-2H3,(H,25,26). The molecule has 1 aliphatic heterocycles. The van der Waals surface area contributed by atoms with E-state index in [0.29, 0.717) is 22.2 Å². The summed E-state index contributed by atoms with van der Waals surface area (Å²) in [6, 6.07) is 5.87. The van der Waals surface area contributed by atoms with Crippen LogP contribution in [0, 0.1) is 5.82 Å². The fourth-order valence-corrected chi connectivity index (χ4v) is 6.51. The van der Waals surface area contributed by atoms with Gasteiger partial charge in [0.05, 0.1) is 10.0 Å². The van der Waals surface area contributed by atoms with Crippen molar-refractivity contribution < 1.29 is 12.8 Å². The van der Waals surface area contributed by atoms with E-state index in [4.69, 9.17) is 34.8 Å². The largest absolute Gasteiger partial charge is 0.366 e. The minimum Gasteiger partial charge on any atom is -0.366 e. The summed E-state index contributed by atoms with van der Waals surface area (Å²) < 4.78 is 42.2. The highest BCUT2D eigenvalue weighted by Gasteiger charge is 2.38. The molecule has 1 N–H and O–H groups in total. The van der Waals surface area contributed by atoms with Gasteiger partial charge in [0.1, 0.15) is 10.7 Å². The lowest BCUT2D eigenvalue weighted by molar-refractivity contribution is 0.548. The fourth-order valence-electron chi connectivity index (χ4n) is 3.78. The van der Waals surface area contributed by atoms with Crippen molar-refractivity contribution in [3.63, 3.8) is 0 Å². The van der Waals surface area contributed by atoms with Gasteiger partial charge in [-0.2, -0.15) is 0 Å². The molecule has 0 unspecified atom stereocenters. The van der Waals surface area contributed by atoms with Crippen molar-refractivity contribution in [2.24, 2.45) is 0 Å². The maximum absolute atomic E-state index is 14.8. The van der Waals surface area contributed by atoms with E-state index >= 15 is 0 Å². The molecule has 3 aromatic rings. The Labute approximate surface area is 198 Å². The zero-order valence-corrected chi connectivity index (χ0v) is 20.3. The molecule has 0 radical (unpaired) electrons. The fraction of sp³-hybridized carbons (Fsp3) is 0.250. The lowest BCUT2D eigenvalue weighted by Gasteiger charge is -2.23. The molecule has 4 rings (SSSR count). The summed E-state index contributed by atoms with van der Waals surface area (Å²) in [6.07, 6.45) is 1.45. The number of anilines is 2. The van der Waals surface area contributed by atoms with Crippen molar-refractivity contribution in [2.45, 2.75) is 30.7 Å². The number of aromatic nitrogens is 1. The Bertz CT molecular complexity index is 1270. The van der Waals surface area contributed by atoms with Crippen LogP contribution in [0.25, 0.3) is 0 Å². The van der Waals surface area contributed by atoms with Crippen molar-refractivity contribution in [2.75, 3.05) is 16.2 Å². The topological polar surface area (TPSA) is 62.3 Å². The van der Waals surface area contributed by atoms with Gasteiger partial charge in [-0.25, -0.2) is 17.8 Å². The molecule has 11 heteroatoms. The number of thiazole rings is 1. The monoisotopic (exact) mass is 519 g/mol. The van der Waals surface area contributed by atoms with Crippen molar-refractivity contribution in [3.05, 3.63) is 67.9 Å². The molecule has 0 amide bonds. The molecule has 0 atom stereocenters. The smallest absolute Gasteiger partial charge is 0.266 e. The lowest BCUT2D eigenvalue weighted by Crippen LogP contribution is -2.28. The molecule has 5 nitrogen and oxygen atoms in total. The van der Waals surface area contributed by atoms with Gasteiger partial charge >= 0.3 is 0 Å². The van der Waals surface area contributed by atoms with Gasteiger partial charge in [0.25, 0.3) is 10.0 Å². The number of nitrogens with zero attached hydrogens (tertiary/aromatic N) is 2. The molecule has 2 aromatic carbocycles. The van der Waals surface area contributed by atoms with E-state index in [-0.39, 0.29) is 22.1 Å². The number of benzene rings is 2. The predicted octanol–water partition coefficient (Wildman–Crippen LogP) is 6.34. The second-order valence-electron chi connectivity index (χ2n) is 7.81. The first-order valence-electron chi connectivity index (χ1n) is 9.13. The predicted molar refractivity (Wildman–Crippen MR) is 125 cm³/mol. The quantitative estimate of drug-likeness (QED) is 0.426. The number of sulfonamides is 1. The number of fused-ring (bicyclic) bond motifs is 1. The van der Waals surface area contributed by atoms with E-state index in [2.05, 4.69) is 23.6 Å². The summed E-state index contributed by atoms with van der Waals surface area (Å²) in [5.41, 5.74) is 1.99. The summed E-state index contributed by atoms with van der Waals surface area (Å²) in [4.78, 5) is 5.35. The number of rotatable bonds is 5. The molecule has 0 bridgehead atoms. The van der Waals surface area contributed by atoms with Crippen LogP contribution < -0.4 is 9.62 Å². The van der Waals surface area contributed by atoms with Crippen molar-refractivity contribution in [1.29, 1.82) is 0 Å². The zero-order valence-electron chi connectivity index (χ0n) is 16.4. The Morgan fingerprint density at radius 2 is 1.97 bits per heavy atom. The van der Waals surface area contributed by atoms with Gasteiger partial charge in [-0.3, -0.25) is 4.72 Å². The Morgan fingerprint density at radius 3 is 2.65 bits per heavy atom. The van der Waals surface area contributed by atoms with Gasteiger partial charge in [0.2, 0.25) is 0 Å². The van der Waals surface area contributed by atoms with Crippen LogP contribution >= 0.6 is 46.1 Å². The van der Waals surface area contributed by atoms with Gasteiger partial charge in [0, 0.05) is 46.4 Å². The van der Waals surface area contributed by atoms with Crippen LogP contribution in [-0.4, -0.2) is 19.9 Å². The summed E-state index contributed by atoms with van der Waals surface area (Å²) >= 11 is 20.1. The first kappa shape index (κ1) is 22.6. The van der Waals surface area contributed by atoms with Gasteiger partial charge in [-0.05, 0) is 29.8 Å². The highest BCUT2D eigenvalue weighted by Crippen LogP contribution is 2.47. The Hall–Kier alpha value is -1.58. The molecule has 1 aromatic heterocycles. The van der Waals surface area contributed by atoms with Crippen LogP contribution in [-0.2, 0) is 22.0 Å². The summed E-state index contributed by atoms with van der Waals surface area (Å²) in [7, 11) is -4.17. The third-order valence-corrected chi connectivity index (χ3v) is 8.41. The summed E-state index contributed by atoms with van der Waals surface area (Å²) in [5.74, 6) is -0.892. The van der Waals surface area contributed by atoms with Crippen LogP contribution in [0.2, 0.25) is 15.1 Å². The molecule has 2 heterocycles. The van der Waals surface area contributed by atoms with Gasteiger partial charge in [0.15, 0.2) is 5.13 Å². The second kappa shape index (κ2) is 8.08. The van der Waals surface area contributed by atoms with Crippen molar-refractivity contribution >= 4 is 67.0 Å². The molecule has 1 aliphatic rings. The Kier molecular flexibility index (Phi) is 5.89. The molecule has 0 saturated heterocycles. The van der Waals surface area contributed by atoms with E-state index < -0.39 is 20.7 Å². The minimum atomic E-state index is -4.17. The number of hydrogen-bond donors (Lipinski definition) is 1. The molecule has 0 spiro atoms. The van der Waals surface area contributed by atoms with Gasteiger partial charge < -0.3 is 4.90 Å². The second-order valence-corrected chi connectivity index (χ2v) is 11.5. The molecule has 164 valence electrons. The highest BCUT2D eigenvalue weighted by molar-refractivity contribution is 7.93. The average Bonchev–Trinajstić information content (AvgIpc) is 3.26. The SMILES string of the molecule is CC1(C)CN(Cc2cc(F)c(S(=O)(=O)Nc3nccs3)cc2Cl)c2ccc(Cl)c(Cl)c21. The summed E-state index contributed by atoms with van der Waals surface area (Å²) in [6.45, 7) is 5.00. The maximum Gasteiger partial charge on any atom is 0.266 e. The third kappa shape index (κ3) is 4.24.